The number of hydrogen-bond acceptors (Lipinski definition) is 3. The molecular formula is C26H28N2O2. The second-order valence-corrected chi connectivity index (χ2v) is 8.29. The standard InChI is InChI=1S/C26H28N2O2/c29-26(20-8-2-1-3-9-20)28-19-22(13-16-27-14-5-6-15-27)23-18-21(11-12-24(23)28)25-10-4-7-17-30-25/h1-3,8-12,18-19H,4-7,13-17H2. The van der Waals surface area contributed by atoms with Gasteiger partial charge in [0.2, 0.25) is 0 Å². The van der Waals surface area contributed by atoms with Crippen LogP contribution in [0.3, 0.4) is 0 Å². The molecular weight excluding hydrogens is 372 g/mol. The molecule has 0 N–H and O–H groups in total. The molecule has 3 aromatic rings. The summed E-state index contributed by atoms with van der Waals surface area (Å²) in [6, 6.07) is 15.9. The van der Waals surface area contributed by atoms with Gasteiger partial charge in [-0.05, 0) is 87.2 Å². The lowest BCUT2D eigenvalue weighted by molar-refractivity contribution is 0.0965. The van der Waals surface area contributed by atoms with Gasteiger partial charge < -0.3 is 9.64 Å². The van der Waals surface area contributed by atoms with Crippen LogP contribution in [0.1, 0.15) is 47.2 Å². The topological polar surface area (TPSA) is 34.5 Å². The molecule has 4 heteroatoms. The summed E-state index contributed by atoms with van der Waals surface area (Å²) < 4.78 is 7.72. The van der Waals surface area contributed by atoms with Gasteiger partial charge in [0, 0.05) is 29.3 Å². The lowest BCUT2D eigenvalue weighted by Crippen LogP contribution is -2.21. The minimum Gasteiger partial charge on any atom is -0.493 e. The fourth-order valence-corrected chi connectivity index (χ4v) is 4.58. The molecule has 1 fully saturated rings. The first-order valence-corrected chi connectivity index (χ1v) is 11.1. The molecule has 1 saturated heterocycles. The van der Waals surface area contributed by atoms with Crippen LogP contribution >= 0.6 is 0 Å². The van der Waals surface area contributed by atoms with Crippen LogP contribution in [0, 0.1) is 0 Å². The predicted molar refractivity (Wildman–Crippen MR) is 121 cm³/mol. The van der Waals surface area contributed by atoms with Crippen molar-refractivity contribution in [2.24, 2.45) is 0 Å². The normalized spacial score (nSPS) is 17.1. The van der Waals surface area contributed by atoms with E-state index in [1.807, 2.05) is 34.9 Å². The molecule has 0 spiro atoms. The molecule has 0 aliphatic carbocycles. The van der Waals surface area contributed by atoms with E-state index >= 15 is 0 Å². The molecule has 0 saturated carbocycles. The summed E-state index contributed by atoms with van der Waals surface area (Å²) in [4.78, 5) is 15.8. The smallest absolute Gasteiger partial charge is 0.262 e. The Hall–Kier alpha value is -2.85. The third-order valence-electron chi connectivity index (χ3n) is 6.24. The molecule has 3 heterocycles. The number of likely N-dealkylation sites (tertiary alicyclic amines) is 1. The largest absolute Gasteiger partial charge is 0.493 e. The number of rotatable bonds is 5. The van der Waals surface area contributed by atoms with Crippen molar-refractivity contribution in [2.45, 2.75) is 32.1 Å². The molecule has 0 amide bonds. The van der Waals surface area contributed by atoms with Crippen molar-refractivity contribution in [3.05, 3.63) is 77.5 Å². The number of fused-ring (bicyclic) bond motifs is 1. The van der Waals surface area contributed by atoms with Gasteiger partial charge in [0.1, 0.15) is 5.76 Å². The molecule has 4 nitrogen and oxygen atoms in total. The quantitative estimate of drug-likeness (QED) is 0.596. The molecule has 2 aliphatic rings. The Bertz CT molecular complexity index is 1080. The van der Waals surface area contributed by atoms with Gasteiger partial charge in [0.05, 0.1) is 12.1 Å². The van der Waals surface area contributed by atoms with Crippen LogP contribution in [0.25, 0.3) is 16.7 Å². The SMILES string of the molecule is O=C(c1ccccc1)n1cc(CCN2CCCC2)c2cc(C3=CCCCO3)ccc21. The number of carbonyl (C=O) groups excluding carboxylic acids is 1. The first kappa shape index (κ1) is 19.1. The van der Waals surface area contributed by atoms with E-state index < -0.39 is 0 Å². The summed E-state index contributed by atoms with van der Waals surface area (Å²) in [6.07, 6.45) is 9.91. The van der Waals surface area contributed by atoms with Gasteiger partial charge in [-0.3, -0.25) is 9.36 Å². The Morgan fingerprint density at radius 2 is 1.83 bits per heavy atom. The van der Waals surface area contributed by atoms with Crippen molar-refractivity contribution in [2.75, 3.05) is 26.2 Å². The second-order valence-electron chi connectivity index (χ2n) is 8.29. The van der Waals surface area contributed by atoms with Gasteiger partial charge >= 0.3 is 0 Å². The van der Waals surface area contributed by atoms with Crippen LogP contribution in [0.15, 0.2) is 60.8 Å². The summed E-state index contributed by atoms with van der Waals surface area (Å²) >= 11 is 0. The molecule has 1 aromatic heterocycles. The number of ether oxygens (including phenoxy) is 1. The van der Waals surface area contributed by atoms with Gasteiger partial charge in [0.25, 0.3) is 5.91 Å². The first-order chi connectivity index (χ1) is 14.8. The predicted octanol–water partition coefficient (Wildman–Crippen LogP) is 5.12. The fourth-order valence-electron chi connectivity index (χ4n) is 4.58. The average Bonchev–Trinajstić information content (AvgIpc) is 3.46. The van der Waals surface area contributed by atoms with E-state index in [0.717, 1.165) is 54.6 Å². The maximum atomic E-state index is 13.2. The zero-order chi connectivity index (χ0) is 20.3. The molecule has 154 valence electrons. The lowest BCUT2D eigenvalue weighted by atomic mass is 10.0. The summed E-state index contributed by atoms with van der Waals surface area (Å²) in [7, 11) is 0. The summed E-state index contributed by atoms with van der Waals surface area (Å²) in [6.45, 7) is 4.20. The molecule has 0 radical (unpaired) electrons. The van der Waals surface area contributed by atoms with Gasteiger partial charge in [-0.1, -0.05) is 18.2 Å². The van der Waals surface area contributed by atoms with Gasteiger partial charge in [-0.25, -0.2) is 0 Å². The number of aromatic nitrogens is 1. The summed E-state index contributed by atoms with van der Waals surface area (Å²) in [5.74, 6) is 0.990. The minimum absolute atomic E-state index is 0.0221. The third kappa shape index (κ3) is 3.80. The van der Waals surface area contributed by atoms with E-state index in [1.165, 1.54) is 31.5 Å². The minimum atomic E-state index is 0.0221. The number of allylic oxidation sites excluding steroid dienone is 1. The summed E-state index contributed by atoms with van der Waals surface area (Å²) in [5, 5.41) is 1.16. The zero-order valence-corrected chi connectivity index (χ0v) is 17.3. The second kappa shape index (κ2) is 8.49. The molecule has 0 atom stereocenters. The highest BCUT2D eigenvalue weighted by Gasteiger charge is 2.18. The van der Waals surface area contributed by atoms with E-state index in [2.05, 4.69) is 35.4 Å². The maximum absolute atomic E-state index is 13.2. The molecule has 5 rings (SSSR count). The Balaban J connectivity index is 1.54. The zero-order valence-electron chi connectivity index (χ0n) is 17.3. The van der Waals surface area contributed by atoms with Gasteiger partial charge in [0.15, 0.2) is 0 Å². The van der Waals surface area contributed by atoms with Crippen LogP contribution < -0.4 is 0 Å². The number of nitrogens with zero attached hydrogens (tertiary/aromatic N) is 2. The van der Waals surface area contributed by atoms with Crippen molar-refractivity contribution in [1.29, 1.82) is 0 Å². The Labute approximate surface area is 177 Å². The average molecular weight is 401 g/mol. The van der Waals surface area contributed by atoms with Crippen LogP contribution in [-0.2, 0) is 11.2 Å². The van der Waals surface area contributed by atoms with E-state index in [-0.39, 0.29) is 5.91 Å². The van der Waals surface area contributed by atoms with Crippen molar-refractivity contribution in [3.63, 3.8) is 0 Å². The van der Waals surface area contributed by atoms with Gasteiger partial charge in [-0.2, -0.15) is 0 Å². The van der Waals surface area contributed by atoms with Crippen molar-refractivity contribution >= 4 is 22.6 Å². The lowest BCUT2D eigenvalue weighted by Gasteiger charge is -2.16. The van der Waals surface area contributed by atoms with Crippen LogP contribution in [0.4, 0.5) is 0 Å². The highest BCUT2D eigenvalue weighted by atomic mass is 16.5. The van der Waals surface area contributed by atoms with Crippen molar-refractivity contribution < 1.29 is 9.53 Å². The highest BCUT2D eigenvalue weighted by molar-refractivity contribution is 6.03. The van der Waals surface area contributed by atoms with E-state index in [4.69, 9.17) is 4.74 Å². The molecule has 0 unspecified atom stereocenters. The number of hydrogen-bond donors (Lipinski definition) is 0. The van der Waals surface area contributed by atoms with E-state index in [0.29, 0.717) is 5.56 Å². The van der Waals surface area contributed by atoms with Crippen molar-refractivity contribution in [3.8, 4) is 0 Å². The van der Waals surface area contributed by atoms with Crippen LogP contribution in [-0.4, -0.2) is 41.6 Å². The van der Waals surface area contributed by atoms with E-state index in [1.54, 1.807) is 0 Å². The Kier molecular flexibility index (Phi) is 5.41. The fraction of sp³-hybridized carbons (Fsp3) is 0.346. The first-order valence-electron chi connectivity index (χ1n) is 11.1. The molecule has 2 aliphatic heterocycles. The van der Waals surface area contributed by atoms with E-state index in [9.17, 15) is 4.79 Å². The maximum Gasteiger partial charge on any atom is 0.262 e. The monoisotopic (exact) mass is 400 g/mol. The molecule has 2 aromatic carbocycles. The van der Waals surface area contributed by atoms with Gasteiger partial charge in [-0.15, -0.1) is 0 Å². The summed E-state index contributed by atoms with van der Waals surface area (Å²) in [5.41, 5.74) is 4.03. The third-order valence-corrected chi connectivity index (χ3v) is 6.24. The molecule has 0 bridgehead atoms. The Morgan fingerprint density at radius 1 is 1.00 bits per heavy atom. The number of benzene rings is 2. The van der Waals surface area contributed by atoms with Crippen molar-refractivity contribution in [1.82, 2.24) is 9.47 Å². The number of carbonyl (C=O) groups is 1. The van der Waals surface area contributed by atoms with Crippen LogP contribution in [0.5, 0.6) is 0 Å². The van der Waals surface area contributed by atoms with Crippen LogP contribution in [0.2, 0.25) is 0 Å². The molecule has 30 heavy (non-hydrogen) atoms. The Morgan fingerprint density at radius 3 is 2.60 bits per heavy atom. The highest BCUT2D eigenvalue weighted by Crippen LogP contribution is 2.29.